The summed E-state index contributed by atoms with van der Waals surface area (Å²) < 4.78 is 0. The van der Waals surface area contributed by atoms with E-state index in [1.165, 1.54) is 0 Å². The SMILES string of the molecule is CC1CCN(c2cc3[nH]ncc3cc2N)CC1O. The number of nitrogens with two attached hydrogens (primary N) is 1. The van der Waals surface area contributed by atoms with Gasteiger partial charge in [-0.05, 0) is 24.5 Å². The van der Waals surface area contributed by atoms with Gasteiger partial charge in [0.2, 0.25) is 0 Å². The van der Waals surface area contributed by atoms with E-state index >= 15 is 0 Å². The second-order valence-electron chi connectivity index (χ2n) is 5.15. The van der Waals surface area contributed by atoms with E-state index in [1.54, 1.807) is 6.20 Å². The zero-order chi connectivity index (χ0) is 12.7. The van der Waals surface area contributed by atoms with Crippen LogP contribution in [-0.4, -0.2) is 34.5 Å². The molecular formula is C13H18N4O. The summed E-state index contributed by atoms with van der Waals surface area (Å²) in [6.45, 7) is 3.66. The van der Waals surface area contributed by atoms with E-state index in [0.717, 1.165) is 35.2 Å². The number of nitrogens with zero attached hydrogens (tertiary/aromatic N) is 2. The number of piperidine rings is 1. The molecule has 1 aliphatic rings. The molecule has 2 unspecified atom stereocenters. The molecule has 0 radical (unpaired) electrons. The number of benzene rings is 1. The lowest BCUT2D eigenvalue weighted by Gasteiger charge is -2.36. The van der Waals surface area contributed by atoms with Crippen LogP contribution in [0.25, 0.3) is 10.9 Å². The number of aliphatic hydroxyl groups is 1. The number of hydrogen-bond donors (Lipinski definition) is 3. The quantitative estimate of drug-likeness (QED) is 0.664. The van der Waals surface area contributed by atoms with Crippen molar-refractivity contribution in [2.75, 3.05) is 23.7 Å². The molecule has 1 aromatic heterocycles. The summed E-state index contributed by atoms with van der Waals surface area (Å²) in [7, 11) is 0. The van der Waals surface area contributed by atoms with Gasteiger partial charge < -0.3 is 15.7 Å². The first-order chi connectivity index (χ1) is 8.65. The highest BCUT2D eigenvalue weighted by Crippen LogP contribution is 2.31. The number of nitrogen functional groups attached to an aromatic ring is 1. The van der Waals surface area contributed by atoms with E-state index in [4.69, 9.17) is 5.73 Å². The highest BCUT2D eigenvalue weighted by Gasteiger charge is 2.25. The molecule has 2 aromatic rings. The first-order valence-corrected chi connectivity index (χ1v) is 6.31. The van der Waals surface area contributed by atoms with Crippen LogP contribution in [0.4, 0.5) is 11.4 Å². The molecule has 0 saturated carbocycles. The van der Waals surface area contributed by atoms with Gasteiger partial charge >= 0.3 is 0 Å². The number of hydrogen-bond acceptors (Lipinski definition) is 4. The Morgan fingerprint density at radius 2 is 2.33 bits per heavy atom. The molecule has 1 saturated heterocycles. The van der Waals surface area contributed by atoms with Crippen LogP contribution in [0.1, 0.15) is 13.3 Å². The Balaban J connectivity index is 1.95. The van der Waals surface area contributed by atoms with Crippen molar-refractivity contribution in [3.05, 3.63) is 18.3 Å². The van der Waals surface area contributed by atoms with Gasteiger partial charge in [-0.25, -0.2) is 0 Å². The fourth-order valence-corrected chi connectivity index (χ4v) is 2.54. The van der Waals surface area contributed by atoms with Crippen molar-refractivity contribution in [3.63, 3.8) is 0 Å². The maximum absolute atomic E-state index is 9.97. The van der Waals surface area contributed by atoms with Gasteiger partial charge in [0.15, 0.2) is 0 Å². The van der Waals surface area contributed by atoms with E-state index in [-0.39, 0.29) is 6.10 Å². The van der Waals surface area contributed by atoms with E-state index in [0.29, 0.717) is 12.5 Å². The lowest BCUT2D eigenvalue weighted by molar-refractivity contribution is 0.103. The highest BCUT2D eigenvalue weighted by molar-refractivity contribution is 5.88. The minimum Gasteiger partial charge on any atom is -0.397 e. The van der Waals surface area contributed by atoms with Crippen LogP contribution in [0, 0.1) is 5.92 Å². The molecule has 1 fully saturated rings. The van der Waals surface area contributed by atoms with E-state index in [2.05, 4.69) is 22.0 Å². The van der Waals surface area contributed by atoms with Crippen molar-refractivity contribution in [1.82, 2.24) is 10.2 Å². The van der Waals surface area contributed by atoms with Crippen molar-refractivity contribution < 1.29 is 5.11 Å². The van der Waals surface area contributed by atoms with Crippen molar-refractivity contribution in [1.29, 1.82) is 0 Å². The highest BCUT2D eigenvalue weighted by atomic mass is 16.3. The normalized spacial score (nSPS) is 24.7. The van der Waals surface area contributed by atoms with E-state index in [1.807, 2.05) is 12.1 Å². The fourth-order valence-electron chi connectivity index (χ4n) is 2.54. The van der Waals surface area contributed by atoms with Crippen LogP contribution in [-0.2, 0) is 0 Å². The maximum atomic E-state index is 9.97. The summed E-state index contributed by atoms with van der Waals surface area (Å²) in [6.07, 6.45) is 2.47. The third kappa shape index (κ3) is 1.80. The average molecular weight is 246 g/mol. The van der Waals surface area contributed by atoms with Gasteiger partial charge in [0.25, 0.3) is 0 Å². The Kier molecular flexibility index (Phi) is 2.63. The number of β-amino-alcohol motifs (C(OH)–C–C–N with tert-alkyl or cyclic N) is 1. The molecule has 18 heavy (non-hydrogen) atoms. The van der Waals surface area contributed by atoms with Crippen LogP contribution in [0.2, 0.25) is 0 Å². The minimum atomic E-state index is -0.282. The molecular weight excluding hydrogens is 228 g/mol. The Morgan fingerprint density at radius 3 is 3.11 bits per heavy atom. The summed E-state index contributed by atoms with van der Waals surface area (Å²) in [4.78, 5) is 2.15. The largest absolute Gasteiger partial charge is 0.397 e. The molecule has 0 bridgehead atoms. The number of aromatic nitrogens is 2. The first kappa shape index (κ1) is 11.3. The lowest BCUT2D eigenvalue weighted by atomic mass is 9.95. The minimum absolute atomic E-state index is 0.282. The number of H-pyrrole nitrogens is 1. The monoisotopic (exact) mass is 246 g/mol. The Morgan fingerprint density at radius 1 is 1.50 bits per heavy atom. The van der Waals surface area contributed by atoms with Crippen LogP contribution in [0.3, 0.4) is 0 Å². The molecule has 3 rings (SSSR count). The second kappa shape index (κ2) is 4.17. The smallest absolute Gasteiger partial charge is 0.0741 e. The molecule has 0 spiro atoms. The number of anilines is 2. The third-order valence-corrected chi connectivity index (χ3v) is 3.85. The van der Waals surface area contributed by atoms with E-state index in [9.17, 15) is 5.11 Å². The topological polar surface area (TPSA) is 78.2 Å². The first-order valence-electron chi connectivity index (χ1n) is 6.31. The molecule has 5 heteroatoms. The summed E-state index contributed by atoms with van der Waals surface area (Å²) in [5.41, 5.74) is 8.80. The van der Waals surface area contributed by atoms with Gasteiger partial charge in [0.1, 0.15) is 0 Å². The average Bonchev–Trinajstić information content (AvgIpc) is 2.79. The number of aromatic amines is 1. The van der Waals surface area contributed by atoms with Crippen LogP contribution in [0.15, 0.2) is 18.3 Å². The summed E-state index contributed by atoms with van der Waals surface area (Å²) in [5.74, 6) is 0.360. The summed E-state index contributed by atoms with van der Waals surface area (Å²) in [6, 6.07) is 3.94. The predicted octanol–water partition coefficient (Wildman–Crippen LogP) is 1.35. The van der Waals surface area contributed by atoms with Gasteiger partial charge in [-0.15, -0.1) is 0 Å². The number of fused-ring (bicyclic) bond motifs is 1. The predicted molar refractivity (Wildman–Crippen MR) is 72.5 cm³/mol. The molecule has 0 amide bonds. The summed E-state index contributed by atoms with van der Waals surface area (Å²) >= 11 is 0. The maximum Gasteiger partial charge on any atom is 0.0741 e. The second-order valence-corrected chi connectivity index (χ2v) is 5.15. The third-order valence-electron chi connectivity index (χ3n) is 3.85. The molecule has 0 aliphatic carbocycles. The van der Waals surface area contributed by atoms with Crippen LogP contribution >= 0.6 is 0 Å². The van der Waals surface area contributed by atoms with Gasteiger partial charge in [0, 0.05) is 18.5 Å². The fraction of sp³-hybridized carbons (Fsp3) is 0.462. The van der Waals surface area contributed by atoms with E-state index < -0.39 is 0 Å². The van der Waals surface area contributed by atoms with Gasteiger partial charge in [-0.2, -0.15) is 5.10 Å². The molecule has 96 valence electrons. The van der Waals surface area contributed by atoms with Gasteiger partial charge in [-0.1, -0.05) is 6.92 Å². The standard InChI is InChI=1S/C13H18N4O/c1-8-2-3-17(7-13(8)18)12-5-11-9(4-10(12)14)6-15-16-11/h4-6,8,13,18H,2-3,7,14H2,1H3,(H,15,16). The summed E-state index contributed by atoms with van der Waals surface area (Å²) in [5, 5.41) is 17.9. The Hall–Kier alpha value is -1.75. The molecule has 1 aliphatic heterocycles. The zero-order valence-electron chi connectivity index (χ0n) is 10.4. The van der Waals surface area contributed by atoms with Gasteiger partial charge in [-0.3, -0.25) is 5.10 Å². The molecule has 5 nitrogen and oxygen atoms in total. The lowest BCUT2D eigenvalue weighted by Crippen LogP contribution is -2.43. The molecule has 4 N–H and O–H groups in total. The zero-order valence-corrected chi connectivity index (χ0v) is 10.4. The molecule has 2 heterocycles. The van der Waals surface area contributed by atoms with Crippen molar-refractivity contribution in [2.45, 2.75) is 19.4 Å². The van der Waals surface area contributed by atoms with Gasteiger partial charge in [0.05, 0.1) is 29.2 Å². The Labute approximate surface area is 106 Å². The number of aliphatic hydroxyl groups excluding tert-OH is 1. The van der Waals surface area contributed by atoms with Crippen LogP contribution < -0.4 is 10.6 Å². The van der Waals surface area contributed by atoms with Crippen LogP contribution in [0.5, 0.6) is 0 Å². The number of nitrogens with one attached hydrogen (secondary N) is 1. The van der Waals surface area contributed by atoms with Crippen molar-refractivity contribution in [2.24, 2.45) is 5.92 Å². The van der Waals surface area contributed by atoms with Crippen molar-refractivity contribution in [3.8, 4) is 0 Å². The van der Waals surface area contributed by atoms with Crippen molar-refractivity contribution >= 4 is 22.3 Å². The molecule has 2 atom stereocenters. The Bertz CT molecular complexity index is 565. The molecule has 1 aromatic carbocycles. The number of rotatable bonds is 1.